The Balaban J connectivity index is 2.00. The largest absolute Gasteiger partial charge is 0.497 e. The maximum atomic E-state index is 13.5. The molecule has 0 saturated carbocycles. The van der Waals surface area contributed by atoms with Crippen molar-refractivity contribution in [3.63, 3.8) is 0 Å². The number of hydrogen-bond acceptors (Lipinski definition) is 4. The number of methoxy groups -OCH3 is 1. The molecule has 3 aromatic rings. The summed E-state index contributed by atoms with van der Waals surface area (Å²) >= 11 is 0. The van der Waals surface area contributed by atoms with Crippen molar-refractivity contribution >= 4 is 27.0 Å². The van der Waals surface area contributed by atoms with Crippen LogP contribution in [0.25, 0.3) is 10.9 Å². The number of aromatic nitrogens is 1. The standard InChI is InChI=1S/C20H20N2O5S/c1-13-3-6-15(7-4-13)28(25,26)22-18-9-10-21(20(23)24)12-17(18)16-8-5-14(27-2)11-19(16)22/h3-8,11H,9-10,12H2,1-2H3,(H,23,24). The summed E-state index contributed by atoms with van der Waals surface area (Å²) in [7, 11) is -2.33. The molecule has 1 amide bonds. The summed E-state index contributed by atoms with van der Waals surface area (Å²) in [5.41, 5.74) is 2.82. The summed E-state index contributed by atoms with van der Waals surface area (Å²) in [4.78, 5) is 12.9. The molecule has 1 aliphatic rings. The van der Waals surface area contributed by atoms with Crippen molar-refractivity contribution in [2.75, 3.05) is 13.7 Å². The molecule has 2 heterocycles. The monoisotopic (exact) mass is 400 g/mol. The minimum absolute atomic E-state index is 0.157. The third-order valence-electron chi connectivity index (χ3n) is 5.14. The fourth-order valence-corrected chi connectivity index (χ4v) is 5.27. The van der Waals surface area contributed by atoms with E-state index < -0.39 is 16.1 Å². The molecule has 0 atom stereocenters. The number of hydrogen-bond donors (Lipinski definition) is 1. The van der Waals surface area contributed by atoms with Crippen LogP contribution in [0.2, 0.25) is 0 Å². The van der Waals surface area contributed by atoms with E-state index in [-0.39, 0.29) is 18.0 Å². The van der Waals surface area contributed by atoms with E-state index in [1.165, 1.54) is 16.0 Å². The van der Waals surface area contributed by atoms with Crippen LogP contribution in [-0.2, 0) is 23.0 Å². The van der Waals surface area contributed by atoms with Crippen molar-refractivity contribution in [1.29, 1.82) is 0 Å². The van der Waals surface area contributed by atoms with Crippen LogP contribution in [0.3, 0.4) is 0 Å². The van der Waals surface area contributed by atoms with E-state index >= 15 is 0 Å². The maximum absolute atomic E-state index is 13.5. The molecule has 7 nitrogen and oxygen atoms in total. The van der Waals surface area contributed by atoms with Gasteiger partial charge in [-0.1, -0.05) is 17.7 Å². The average molecular weight is 400 g/mol. The molecule has 0 saturated heterocycles. The number of fused-ring (bicyclic) bond motifs is 3. The highest BCUT2D eigenvalue weighted by Gasteiger charge is 2.31. The molecule has 2 aromatic carbocycles. The number of nitrogens with zero attached hydrogens (tertiary/aromatic N) is 2. The van der Waals surface area contributed by atoms with E-state index in [0.29, 0.717) is 23.4 Å². The lowest BCUT2D eigenvalue weighted by Gasteiger charge is -2.25. The second-order valence-electron chi connectivity index (χ2n) is 6.84. The van der Waals surface area contributed by atoms with Crippen molar-refractivity contribution in [3.8, 4) is 5.75 Å². The Morgan fingerprint density at radius 3 is 2.50 bits per heavy atom. The molecule has 0 bridgehead atoms. The predicted octanol–water partition coefficient (Wildman–Crippen LogP) is 3.23. The van der Waals surface area contributed by atoms with Crippen molar-refractivity contribution in [3.05, 3.63) is 59.3 Å². The molecule has 1 N–H and O–H groups in total. The summed E-state index contributed by atoms with van der Waals surface area (Å²) in [6, 6.07) is 11.9. The lowest BCUT2D eigenvalue weighted by molar-refractivity contribution is 0.140. The second-order valence-corrected chi connectivity index (χ2v) is 8.63. The molecular weight excluding hydrogens is 380 g/mol. The SMILES string of the molecule is COc1ccc2c3c(n(S(=O)(=O)c4ccc(C)cc4)c2c1)CCN(C(=O)O)C3. The van der Waals surface area contributed by atoms with Crippen molar-refractivity contribution in [1.82, 2.24) is 8.87 Å². The van der Waals surface area contributed by atoms with Gasteiger partial charge in [0.2, 0.25) is 0 Å². The molecule has 4 rings (SSSR count). The van der Waals surface area contributed by atoms with Gasteiger partial charge in [0.1, 0.15) is 5.75 Å². The zero-order chi connectivity index (χ0) is 20.1. The molecule has 0 spiro atoms. The first-order valence-electron chi connectivity index (χ1n) is 8.83. The lowest BCUT2D eigenvalue weighted by Crippen LogP contribution is -2.35. The molecule has 1 aromatic heterocycles. The van der Waals surface area contributed by atoms with Gasteiger partial charge in [-0.3, -0.25) is 0 Å². The van der Waals surface area contributed by atoms with Gasteiger partial charge < -0.3 is 14.7 Å². The number of ether oxygens (including phenoxy) is 1. The summed E-state index contributed by atoms with van der Waals surface area (Å²) in [6.07, 6.45) is -0.689. The van der Waals surface area contributed by atoms with Crippen LogP contribution in [0.1, 0.15) is 16.8 Å². The Morgan fingerprint density at radius 1 is 1.14 bits per heavy atom. The second kappa shape index (κ2) is 6.56. The fourth-order valence-electron chi connectivity index (χ4n) is 3.68. The van der Waals surface area contributed by atoms with E-state index in [4.69, 9.17) is 4.74 Å². The third-order valence-corrected chi connectivity index (χ3v) is 6.91. The topological polar surface area (TPSA) is 88.8 Å². The fraction of sp³-hybridized carbons (Fsp3) is 0.250. The van der Waals surface area contributed by atoms with E-state index in [0.717, 1.165) is 16.5 Å². The van der Waals surface area contributed by atoms with Crippen LogP contribution in [0.15, 0.2) is 47.4 Å². The highest BCUT2D eigenvalue weighted by molar-refractivity contribution is 7.90. The maximum Gasteiger partial charge on any atom is 0.407 e. The Hall–Kier alpha value is -3.00. The smallest absolute Gasteiger partial charge is 0.407 e. The van der Waals surface area contributed by atoms with Crippen LogP contribution < -0.4 is 4.74 Å². The van der Waals surface area contributed by atoms with E-state index in [2.05, 4.69) is 0 Å². The van der Waals surface area contributed by atoms with Gasteiger partial charge in [-0.15, -0.1) is 0 Å². The van der Waals surface area contributed by atoms with Crippen LogP contribution in [0, 0.1) is 6.92 Å². The third kappa shape index (κ3) is 2.80. The average Bonchev–Trinajstić information content (AvgIpc) is 3.01. The summed E-state index contributed by atoms with van der Waals surface area (Å²) < 4.78 is 33.6. The van der Waals surface area contributed by atoms with Crippen LogP contribution in [0.4, 0.5) is 4.79 Å². The van der Waals surface area contributed by atoms with E-state index in [9.17, 15) is 18.3 Å². The molecular formula is C20H20N2O5S. The van der Waals surface area contributed by atoms with Gasteiger partial charge in [0.15, 0.2) is 0 Å². The first-order chi connectivity index (χ1) is 13.3. The quantitative estimate of drug-likeness (QED) is 0.729. The first kappa shape index (κ1) is 18.4. The molecule has 28 heavy (non-hydrogen) atoms. The Bertz CT molecular complexity index is 1180. The molecule has 0 fully saturated rings. The zero-order valence-electron chi connectivity index (χ0n) is 15.5. The predicted molar refractivity (Wildman–Crippen MR) is 104 cm³/mol. The Kier molecular flexibility index (Phi) is 4.30. The number of benzene rings is 2. The van der Waals surface area contributed by atoms with Gasteiger partial charge in [0.05, 0.1) is 24.1 Å². The number of carboxylic acid groups (broad SMARTS) is 1. The lowest BCUT2D eigenvalue weighted by atomic mass is 10.0. The normalized spacial score (nSPS) is 14.1. The molecule has 1 aliphatic heterocycles. The molecule has 8 heteroatoms. The van der Waals surface area contributed by atoms with E-state index in [1.807, 2.05) is 6.92 Å². The van der Waals surface area contributed by atoms with Crippen LogP contribution in [0.5, 0.6) is 5.75 Å². The summed E-state index contributed by atoms with van der Waals surface area (Å²) in [6.45, 7) is 2.30. The minimum Gasteiger partial charge on any atom is -0.497 e. The van der Waals surface area contributed by atoms with E-state index in [1.54, 1.807) is 42.5 Å². The van der Waals surface area contributed by atoms with Crippen molar-refractivity contribution < 1.29 is 23.1 Å². The summed E-state index contributed by atoms with van der Waals surface area (Å²) in [5, 5.41) is 10.1. The number of rotatable bonds is 3. The van der Waals surface area contributed by atoms with Crippen LogP contribution >= 0.6 is 0 Å². The Labute approximate surface area is 162 Å². The zero-order valence-corrected chi connectivity index (χ0v) is 16.4. The molecule has 146 valence electrons. The summed E-state index contributed by atoms with van der Waals surface area (Å²) in [5.74, 6) is 0.540. The van der Waals surface area contributed by atoms with Gasteiger partial charge in [-0.2, -0.15) is 0 Å². The Morgan fingerprint density at radius 2 is 1.86 bits per heavy atom. The minimum atomic E-state index is -3.85. The van der Waals surface area contributed by atoms with Gasteiger partial charge in [0, 0.05) is 35.7 Å². The van der Waals surface area contributed by atoms with Crippen molar-refractivity contribution in [2.45, 2.75) is 24.8 Å². The number of amides is 1. The van der Waals surface area contributed by atoms with Gasteiger partial charge in [0.25, 0.3) is 10.0 Å². The molecule has 0 aliphatic carbocycles. The molecule has 0 unspecified atom stereocenters. The highest BCUT2D eigenvalue weighted by Crippen LogP contribution is 2.35. The number of aryl methyl sites for hydroxylation is 1. The van der Waals surface area contributed by atoms with Crippen molar-refractivity contribution in [2.24, 2.45) is 0 Å². The molecule has 0 radical (unpaired) electrons. The first-order valence-corrected chi connectivity index (χ1v) is 10.3. The van der Waals surface area contributed by atoms with Gasteiger partial charge in [-0.25, -0.2) is 17.2 Å². The van der Waals surface area contributed by atoms with Gasteiger partial charge >= 0.3 is 6.09 Å². The highest BCUT2D eigenvalue weighted by atomic mass is 32.2. The van der Waals surface area contributed by atoms with Crippen LogP contribution in [-0.4, -0.2) is 42.1 Å². The van der Waals surface area contributed by atoms with Gasteiger partial charge in [-0.05, 0) is 31.2 Å². The number of carbonyl (C=O) groups is 1.